The Morgan fingerprint density at radius 1 is 1.11 bits per heavy atom. The summed E-state index contributed by atoms with van der Waals surface area (Å²) in [7, 11) is 3.99. The van der Waals surface area contributed by atoms with Gasteiger partial charge in [0.15, 0.2) is 12.2 Å². The molecular formula is C27H32N4O4S. The molecule has 3 N–H and O–H groups in total. The maximum absolute atomic E-state index is 12.9. The van der Waals surface area contributed by atoms with E-state index in [1.54, 1.807) is 4.90 Å². The summed E-state index contributed by atoms with van der Waals surface area (Å²) in [5, 5.41) is 26.1. The Labute approximate surface area is 215 Å². The molecule has 1 aliphatic heterocycles. The van der Waals surface area contributed by atoms with Gasteiger partial charge in [-0.1, -0.05) is 48.5 Å². The lowest BCUT2D eigenvalue weighted by molar-refractivity contribution is -0.153. The lowest BCUT2D eigenvalue weighted by Crippen LogP contribution is -2.50. The van der Waals surface area contributed by atoms with E-state index >= 15 is 0 Å². The third-order valence-electron chi connectivity index (χ3n) is 6.40. The zero-order valence-corrected chi connectivity index (χ0v) is 21.3. The Balaban J connectivity index is 1.32. The highest BCUT2D eigenvalue weighted by atomic mass is 32.1. The fraction of sp³-hybridized carbons (Fsp3) is 0.370. The minimum Gasteiger partial charge on any atom is -0.380 e. The normalized spacial score (nSPS) is 17.0. The molecule has 1 unspecified atom stereocenters. The van der Waals surface area contributed by atoms with Crippen LogP contribution < -0.4 is 10.2 Å². The molecule has 1 aromatic heterocycles. The first-order chi connectivity index (χ1) is 17.3. The largest absolute Gasteiger partial charge is 0.380 e. The van der Waals surface area contributed by atoms with Gasteiger partial charge in [0, 0.05) is 38.1 Å². The number of likely N-dealkylation sites (tertiary alicyclic amines) is 1. The van der Waals surface area contributed by atoms with E-state index in [0.717, 1.165) is 35.3 Å². The summed E-state index contributed by atoms with van der Waals surface area (Å²) in [5.41, 5.74) is 4.13. The molecule has 2 aromatic carbocycles. The highest BCUT2D eigenvalue weighted by Crippen LogP contribution is 2.32. The van der Waals surface area contributed by atoms with Crippen LogP contribution in [0.25, 0.3) is 0 Å². The van der Waals surface area contributed by atoms with Crippen molar-refractivity contribution in [3.05, 3.63) is 81.8 Å². The average Bonchev–Trinajstić information content (AvgIpc) is 3.56. The second kappa shape index (κ2) is 11.6. The summed E-state index contributed by atoms with van der Waals surface area (Å²) in [4.78, 5) is 33.6. The lowest BCUT2D eigenvalue weighted by atomic mass is 10.0. The third-order valence-corrected chi connectivity index (χ3v) is 7.30. The molecule has 0 radical (unpaired) electrons. The van der Waals surface area contributed by atoms with Crippen LogP contribution in [0, 0.1) is 0 Å². The number of hydrogen-bond donors (Lipinski definition) is 3. The van der Waals surface area contributed by atoms with Gasteiger partial charge in [-0.05, 0) is 30.0 Å². The van der Waals surface area contributed by atoms with Crippen molar-refractivity contribution in [3.63, 3.8) is 0 Å². The summed E-state index contributed by atoms with van der Waals surface area (Å²) in [6.07, 6.45) is -1.46. The van der Waals surface area contributed by atoms with E-state index in [1.165, 1.54) is 11.3 Å². The van der Waals surface area contributed by atoms with Crippen LogP contribution >= 0.6 is 11.3 Å². The standard InChI is InChI=1S/C27H32N4O4S/c1-30(2)21-12-7-6-11-19(21)15-20-17-36-23(29-20)16-28-26(34)24(32)25(33)27(35)31-14-8-13-22(31)18-9-4-3-5-10-18/h3-7,9-12,17,22,24-25,32-33H,8,13-16H2,1-2H3,(H,28,34)/t22?,24-,25-/m1/s1. The molecule has 8 nitrogen and oxygen atoms in total. The number of anilines is 1. The molecule has 3 atom stereocenters. The number of amides is 2. The Morgan fingerprint density at radius 3 is 2.58 bits per heavy atom. The number of para-hydroxylation sites is 1. The van der Waals surface area contributed by atoms with Crippen LogP contribution in [0.1, 0.15) is 40.7 Å². The van der Waals surface area contributed by atoms with Crippen molar-refractivity contribution in [3.8, 4) is 0 Å². The van der Waals surface area contributed by atoms with Gasteiger partial charge in [0.05, 0.1) is 18.3 Å². The van der Waals surface area contributed by atoms with E-state index in [9.17, 15) is 19.8 Å². The van der Waals surface area contributed by atoms with Crippen LogP contribution in [0.5, 0.6) is 0 Å². The van der Waals surface area contributed by atoms with Crippen molar-refractivity contribution in [1.82, 2.24) is 15.2 Å². The molecule has 0 spiro atoms. The zero-order chi connectivity index (χ0) is 25.7. The number of carbonyl (C=O) groups is 2. The number of aliphatic hydroxyl groups is 2. The van der Waals surface area contributed by atoms with E-state index in [1.807, 2.05) is 61.9 Å². The molecular weight excluding hydrogens is 476 g/mol. The van der Waals surface area contributed by atoms with Gasteiger partial charge < -0.3 is 25.3 Å². The van der Waals surface area contributed by atoms with Gasteiger partial charge in [-0.2, -0.15) is 0 Å². The Kier molecular flexibility index (Phi) is 8.35. The second-order valence-electron chi connectivity index (χ2n) is 9.14. The molecule has 9 heteroatoms. The minimum absolute atomic E-state index is 0.104. The molecule has 1 fully saturated rings. The number of rotatable bonds is 9. The number of carbonyl (C=O) groups excluding carboxylic acids is 2. The maximum Gasteiger partial charge on any atom is 0.255 e. The molecule has 0 aliphatic carbocycles. The number of aliphatic hydroxyl groups excluding tert-OH is 2. The Morgan fingerprint density at radius 2 is 1.83 bits per heavy atom. The first-order valence-corrected chi connectivity index (χ1v) is 12.9. The number of nitrogens with zero attached hydrogens (tertiary/aromatic N) is 3. The van der Waals surface area contributed by atoms with Gasteiger partial charge >= 0.3 is 0 Å². The fourth-order valence-corrected chi connectivity index (χ4v) is 5.30. The van der Waals surface area contributed by atoms with Crippen molar-refractivity contribution < 1.29 is 19.8 Å². The first-order valence-electron chi connectivity index (χ1n) is 12.0. The topological polar surface area (TPSA) is 106 Å². The summed E-state index contributed by atoms with van der Waals surface area (Å²) < 4.78 is 0. The molecule has 1 saturated heterocycles. The molecule has 2 heterocycles. The summed E-state index contributed by atoms with van der Waals surface area (Å²) in [6.45, 7) is 0.579. The fourth-order valence-electron chi connectivity index (χ4n) is 4.57. The minimum atomic E-state index is -1.86. The number of benzene rings is 2. The monoisotopic (exact) mass is 508 g/mol. The van der Waals surface area contributed by atoms with Gasteiger partial charge in [0.2, 0.25) is 0 Å². The quantitative estimate of drug-likeness (QED) is 0.410. The van der Waals surface area contributed by atoms with E-state index in [4.69, 9.17) is 0 Å². The van der Waals surface area contributed by atoms with Gasteiger partial charge in [-0.15, -0.1) is 11.3 Å². The van der Waals surface area contributed by atoms with Crippen molar-refractivity contribution >= 4 is 28.8 Å². The molecule has 4 rings (SSSR count). The lowest BCUT2D eigenvalue weighted by Gasteiger charge is -2.28. The molecule has 2 amide bonds. The van der Waals surface area contributed by atoms with Crippen LogP contribution in [0.3, 0.4) is 0 Å². The SMILES string of the molecule is CN(C)c1ccccc1Cc1csc(CNC(=O)[C@H](O)[C@@H](O)C(=O)N2CCCC2c2ccccc2)n1. The maximum atomic E-state index is 12.9. The number of hydrogen-bond acceptors (Lipinski definition) is 7. The van der Waals surface area contributed by atoms with Crippen molar-refractivity contribution in [2.75, 3.05) is 25.5 Å². The van der Waals surface area contributed by atoms with Gasteiger partial charge in [-0.25, -0.2) is 4.98 Å². The van der Waals surface area contributed by atoms with Gasteiger partial charge in [0.25, 0.3) is 11.8 Å². The first kappa shape index (κ1) is 25.8. The number of thiazole rings is 1. The summed E-state index contributed by atoms with van der Waals surface area (Å²) in [5.74, 6) is -1.44. The van der Waals surface area contributed by atoms with Crippen LogP contribution in [0.15, 0.2) is 60.0 Å². The molecule has 36 heavy (non-hydrogen) atoms. The third kappa shape index (κ3) is 5.92. The molecule has 190 valence electrons. The second-order valence-corrected chi connectivity index (χ2v) is 10.1. The van der Waals surface area contributed by atoms with E-state index in [2.05, 4.69) is 27.3 Å². The molecule has 0 bridgehead atoms. The smallest absolute Gasteiger partial charge is 0.255 e. The van der Waals surface area contributed by atoms with Crippen molar-refractivity contribution in [2.45, 2.75) is 44.1 Å². The van der Waals surface area contributed by atoms with Crippen LogP contribution in [-0.2, 0) is 22.6 Å². The van der Waals surface area contributed by atoms with Crippen LogP contribution in [0.4, 0.5) is 5.69 Å². The van der Waals surface area contributed by atoms with Crippen LogP contribution in [0.2, 0.25) is 0 Å². The van der Waals surface area contributed by atoms with Gasteiger partial charge in [-0.3, -0.25) is 9.59 Å². The average molecular weight is 509 g/mol. The highest BCUT2D eigenvalue weighted by Gasteiger charge is 2.38. The van der Waals surface area contributed by atoms with Crippen molar-refractivity contribution in [2.24, 2.45) is 0 Å². The van der Waals surface area contributed by atoms with Gasteiger partial charge in [0.1, 0.15) is 5.01 Å². The molecule has 3 aromatic rings. The predicted molar refractivity (Wildman–Crippen MR) is 140 cm³/mol. The van der Waals surface area contributed by atoms with E-state index in [0.29, 0.717) is 18.0 Å². The number of aromatic nitrogens is 1. The summed E-state index contributed by atoms with van der Waals surface area (Å²) >= 11 is 1.41. The van der Waals surface area contributed by atoms with E-state index in [-0.39, 0.29) is 12.6 Å². The molecule has 1 aliphatic rings. The van der Waals surface area contributed by atoms with Crippen molar-refractivity contribution in [1.29, 1.82) is 0 Å². The Hall–Kier alpha value is -3.27. The summed E-state index contributed by atoms with van der Waals surface area (Å²) in [6, 6.07) is 17.5. The number of nitrogens with one attached hydrogen (secondary N) is 1. The molecule has 0 saturated carbocycles. The predicted octanol–water partition coefficient (Wildman–Crippen LogP) is 2.50. The zero-order valence-electron chi connectivity index (χ0n) is 20.5. The van der Waals surface area contributed by atoms with E-state index < -0.39 is 24.0 Å². The highest BCUT2D eigenvalue weighted by molar-refractivity contribution is 7.09. The Bertz CT molecular complexity index is 1180. The van der Waals surface area contributed by atoms with Crippen LogP contribution in [-0.4, -0.2) is 64.8 Å².